The van der Waals surface area contributed by atoms with Crippen LogP contribution < -0.4 is 0 Å². The number of morpholine rings is 1. The van der Waals surface area contributed by atoms with E-state index < -0.39 is 0 Å². The Labute approximate surface area is 214 Å². The predicted octanol–water partition coefficient (Wildman–Crippen LogP) is 5.02. The van der Waals surface area contributed by atoms with Gasteiger partial charge in [-0.2, -0.15) is 0 Å². The Morgan fingerprint density at radius 1 is 0.714 bits per heavy atom. The minimum absolute atomic E-state index is 0.337. The molecule has 7 saturated carbocycles. The van der Waals surface area contributed by atoms with Gasteiger partial charge in [0.25, 0.3) is 0 Å². The zero-order valence-corrected chi connectivity index (χ0v) is 24.0. The van der Waals surface area contributed by atoms with Crippen LogP contribution in [0, 0.1) is 64.1 Å². The zero-order valence-electron chi connectivity index (χ0n) is 24.0. The Bertz CT molecular complexity index is 815. The fraction of sp³-hybridized carbons (Fsp3) is 1.00. The summed E-state index contributed by atoms with van der Waals surface area (Å²) < 4.78 is 11.0. The molecule has 4 atom stereocenters. The lowest BCUT2D eigenvalue weighted by atomic mass is 8.94. The highest BCUT2D eigenvalue weighted by molar-refractivity contribution is 5.51. The van der Waals surface area contributed by atoms with Gasteiger partial charge in [0.05, 0.1) is 25.9 Å². The maximum Gasteiger partial charge on any atom is 0.0748 e. The molecule has 0 N–H and O–H groups in total. The summed E-state index contributed by atoms with van der Waals surface area (Å²) >= 11 is 0. The average molecular weight is 485 g/mol. The summed E-state index contributed by atoms with van der Waals surface area (Å²) in [7, 11) is 0. The van der Waals surface area contributed by atoms with Gasteiger partial charge in [0, 0.05) is 48.6 Å². The van der Waals surface area contributed by atoms with E-state index in [4.69, 9.17) is 9.47 Å². The van der Waals surface area contributed by atoms with Gasteiger partial charge in [-0.25, -0.2) is 0 Å². The molecule has 0 radical (unpaired) electrons. The number of likely N-dealkylation sites (tertiary alicyclic amines) is 1. The Balaban J connectivity index is 0.0000000902. The molecule has 0 aromatic heterocycles. The van der Waals surface area contributed by atoms with E-state index in [1.54, 1.807) is 0 Å². The molecule has 10 aliphatic rings. The van der Waals surface area contributed by atoms with Gasteiger partial charge in [-0.1, -0.05) is 20.8 Å². The molecule has 10 rings (SSSR count). The van der Waals surface area contributed by atoms with Gasteiger partial charge in [0.15, 0.2) is 0 Å². The summed E-state index contributed by atoms with van der Waals surface area (Å²) in [5, 5.41) is 0. The van der Waals surface area contributed by atoms with Crippen molar-refractivity contribution in [1.82, 2.24) is 9.80 Å². The van der Waals surface area contributed by atoms with Crippen molar-refractivity contribution >= 4 is 0 Å². The van der Waals surface area contributed by atoms with E-state index >= 15 is 0 Å². The van der Waals surface area contributed by atoms with Crippen molar-refractivity contribution in [3.05, 3.63) is 0 Å². The van der Waals surface area contributed by atoms with E-state index in [0.29, 0.717) is 22.6 Å². The van der Waals surface area contributed by atoms with Gasteiger partial charge in [-0.3, -0.25) is 9.80 Å². The quantitative estimate of drug-likeness (QED) is 0.482. The summed E-state index contributed by atoms with van der Waals surface area (Å²) in [6, 6.07) is 0.740. The number of ether oxygens (including phenoxy) is 2. The van der Waals surface area contributed by atoms with Crippen molar-refractivity contribution in [3.63, 3.8) is 0 Å². The molecule has 4 nitrogen and oxygen atoms in total. The maximum absolute atomic E-state index is 5.54. The third-order valence-corrected chi connectivity index (χ3v) is 12.6. The lowest BCUT2D eigenvalue weighted by Crippen LogP contribution is -3.07. The Morgan fingerprint density at radius 2 is 1.26 bits per heavy atom. The molecule has 3 heterocycles. The highest BCUT2D eigenvalue weighted by atomic mass is 16.5. The lowest BCUT2D eigenvalue weighted by molar-refractivity contribution is -0.634. The topological polar surface area (TPSA) is 24.9 Å². The first-order valence-electron chi connectivity index (χ1n) is 15.0. The molecule has 0 spiro atoms. The largest absolute Gasteiger partial charge is 0.381 e. The number of hydrogen-bond donors (Lipinski definition) is 0. The summed E-state index contributed by atoms with van der Waals surface area (Å²) in [6.45, 7) is 27.8. The van der Waals surface area contributed by atoms with Gasteiger partial charge in [0.1, 0.15) is 0 Å². The molecule has 7 aliphatic carbocycles. The van der Waals surface area contributed by atoms with Crippen LogP contribution in [0.5, 0.6) is 0 Å². The van der Waals surface area contributed by atoms with E-state index in [0.717, 1.165) is 49.7 Å². The number of rotatable bonds is 0. The zero-order chi connectivity index (χ0) is 24.9. The second kappa shape index (κ2) is 7.07. The first kappa shape index (κ1) is 23.9. The Hall–Kier alpha value is -0.160. The van der Waals surface area contributed by atoms with Crippen molar-refractivity contribution in [3.8, 4) is 0 Å². The number of nitrogens with zero attached hydrogens (tertiary/aromatic N) is 2. The van der Waals surface area contributed by atoms with Gasteiger partial charge < -0.3 is 9.47 Å². The van der Waals surface area contributed by atoms with Crippen LogP contribution in [0.3, 0.4) is 0 Å². The van der Waals surface area contributed by atoms with Crippen LogP contribution in [0.1, 0.15) is 68.7 Å². The molecule has 0 amide bonds. The van der Waals surface area contributed by atoms with Crippen molar-refractivity contribution < 1.29 is 9.47 Å². The molecule has 0 aromatic carbocycles. The third kappa shape index (κ3) is 2.90. The van der Waals surface area contributed by atoms with Crippen LogP contribution in [0.15, 0.2) is 0 Å². The van der Waals surface area contributed by atoms with Crippen molar-refractivity contribution in [2.75, 3.05) is 39.5 Å². The average Bonchev–Trinajstić information content (AvgIpc) is 3.23. The highest BCUT2D eigenvalue weighted by Crippen LogP contribution is 3.08. The lowest BCUT2D eigenvalue weighted by Gasteiger charge is -3.09. The van der Waals surface area contributed by atoms with Crippen LogP contribution >= 0.6 is 0 Å². The van der Waals surface area contributed by atoms with E-state index in [1.807, 2.05) is 0 Å². The molecular weight excluding hydrogens is 432 g/mol. The maximum atomic E-state index is 5.54. The Morgan fingerprint density at radius 3 is 1.66 bits per heavy atom. The minimum Gasteiger partial charge on any atom is -0.381 e. The van der Waals surface area contributed by atoms with Crippen LogP contribution in [-0.4, -0.2) is 72.5 Å². The van der Waals surface area contributed by atoms with Gasteiger partial charge >= 0.3 is 0 Å². The van der Waals surface area contributed by atoms with Crippen molar-refractivity contribution in [1.29, 1.82) is 0 Å². The number of hydrogen-bond acceptors (Lipinski definition) is 4. The normalized spacial score (nSPS) is 53.6. The van der Waals surface area contributed by atoms with E-state index in [-0.39, 0.29) is 0 Å². The van der Waals surface area contributed by atoms with Crippen LogP contribution in [0.25, 0.3) is 0 Å². The number of fused-ring (bicyclic) bond motifs is 2. The van der Waals surface area contributed by atoms with E-state index in [9.17, 15) is 0 Å². The van der Waals surface area contributed by atoms with Crippen molar-refractivity contribution in [2.24, 2.45) is 64.1 Å². The predicted molar refractivity (Wildman–Crippen MR) is 140 cm³/mol. The first-order valence-corrected chi connectivity index (χ1v) is 15.0. The first-order chi connectivity index (χ1) is 16.3. The molecule has 35 heavy (non-hydrogen) atoms. The minimum atomic E-state index is 0.337. The standard InChI is InChI=1S/C12H16.C10H19NO.C9H17NO/c1-11(2,3)12-8-5-4-6(8)10(12)7(4)9(5)12;1-10(2,3)11-4-8-6-12-7-9(8)5-11;1-9(2,3)10-4-5-11-8-6-7(8)10/h4-10H,1-3H3;8-9H,4-7H2,1-3H3;7-8H,4-6H2,1-3H3. The van der Waals surface area contributed by atoms with Crippen molar-refractivity contribution in [2.45, 2.75) is 92.0 Å². The molecular formula is C31H52N2O2. The van der Waals surface area contributed by atoms with Crippen LogP contribution in [0.4, 0.5) is 0 Å². The monoisotopic (exact) mass is 484 g/mol. The van der Waals surface area contributed by atoms with E-state index in [2.05, 4.69) is 72.1 Å². The van der Waals surface area contributed by atoms with Crippen LogP contribution in [-0.2, 0) is 9.47 Å². The Kier molecular flexibility index (Phi) is 4.83. The molecule has 4 heteroatoms. The summed E-state index contributed by atoms with van der Waals surface area (Å²) in [5.41, 5.74) is 2.23. The summed E-state index contributed by atoms with van der Waals surface area (Å²) in [4.78, 5) is 5.16. The summed E-state index contributed by atoms with van der Waals surface area (Å²) in [5.74, 6) is 10.5. The van der Waals surface area contributed by atoms with Crippen LogP contribution in [0.2, 0.25) is 0 Å². The second-order valence-electron chi connectivity index (χ2n) is 16.8. The van der Waals surface area contributed by atoms with Gasteiger partial charge in [-0.05, 0) is 100 Å². The molecule has 0 bridgehead atoms. The highest BCUT2D eigenvalue weighted by Gasteiger charge is 3.05. The van der Waals surface area contributed by atoms with Gasteiger partial charge in [0.2, 0.25) is 0 Å². The van der Waals surface area contributed by atoms with Gasteiger partial charge in [-0.15, -0.1) is 0 Å². The molecule has 198 valence electrons. The molecule has 4 unspecified atom stereocenters. The van der Waals surface area contributed by atoms with E-state index in [1.165, 1.54) is 60.9 Å². The third-order valence-electron chi connectivity index (χ3n) is 12.6. The fourth-order valence-corrected chi connectivity index (χ4v) is 11.1. The SMILES string of the molecule is CC(C)(C)C12C3C4C5C3C1C5C42.CC(C)(C)N1CC2COCC2C1.CC(C)(C)N1CCOC2CC21. The fourth-order valence-electron chi connectivity index (χ4n) is 11.1. The smallest absolute Gasteiger partial charge is 0.0748 e. The molecule has 3 aliphatic heterocycles. The second-order valence-corrected chi connectivity index (χ2v) is 16.8. The molecule has 0 aromatic rings. The molecule has 10 fully saturated rings. The summed E-state index contributed by atoms with van der Waals surface area (Å²) in [6.07, 6.45) is 1.83. The molecule has 3 saturated heterocycles.